The minimum absolute atomic E-state index is 0.0347. The van der Waals surface area contributed by atoms with Crippen LogP contribution in [0.3, 0.4) is 0 Å². The van der Waals surface area contributed by atoms with Gasteiger partial charge >= 0.3 is 0 Å². The quantitative estimate of drug-likeness (QED) is 0.895. The van der Waals surface area contributed by atoms with E-state index in [1.54, 1.807) is 0 Å². The number of hydrogen-bond donors (Lipinski definition) is 2. The molecule has 1 amide bonds. The SMILES string of the molecule is O=C(CNC1CCCOC1)Nc1ccccc1Br. The zero-order valence-corrected chi connectivity index (χ0v) is 11.7. The topological polar surface area (TPSA) is 50.4 Å². The third-order valence-electron chi connectivity index (χ3n) is 2.86. The lowest BCUT2D eigenvalue weighted by atomic mass is 10.1. The van der Waals surface area contributed by atoms with Gasteiger partial charge in [-0.2, -0.15) is 0 Å². The molecule has 5 heteroatoms. The standard InChI is InChI=1S/C13H17BrN2O2/c14-11-5-1-2-6-12(11)16-13(17)8-15-10-4-3-7-18-9-10/h1-2,5-6,10,15H,3-4,7-9H2,(H,16,17). The zero-order chi connectivity index (χ0) is 12.8. The second kappa shape index (κ2) is 6.87. The molecule has 0 aliphatic carbocycles. The van der Waals surface area contributed by atoms with E-state index in [1.807, 2.05) is 24.3 Å². The Labute approximate surface area is 115 Å². The van der Waals surface area contributed by atoms with Gasteiger partial charge in [0.15, 0.2) is 0 Å². The number of carbonyl (C=O) groups is 1. The van der Waals surface area contributed by atoms with E-state index in [1.165, 1.54) is 0 Å². The molecule has 1 aliphatic heterocycles. The average molecular weight is 313 g/mol. The van der Waals surface area contributed by atoms with E-state index in [-0.39, 0.29) is 5.91 Å². The van der Waals surface area contributed by atoms with Gasteiger partial charge in [0.2, 0.25) is 5.91 Å². The predicted molar refractivity (Wildman–Crippen MR) is 74.6 cm³/mol. The molecule has 0 radical (unpaired) electrons. The van der Waals surface area contributed by atoms with Gasteiger partial charge < -0.3 is 15.4 Å². The first kappa shape index (κ1) is 13.5. The van der Waals surface area contributed by atoms with Gasteiger partial charge in [-0.05, 0) is 40.9 Å². The van der Waals surface area contributed by atoms with E-state index < -0.39 is 0 Å². The molecule has 1 saturated heterocycles. The lowest BCUT2D eigenvalue weighted by molar-refractivity contribution is -0.115. The Hall–Kier alpha value is -0.910. The summed E-state index contributed by atoms with van der Waals surface area (Å²) in [6.07, 6.45) is 2.13. The molecule has 1 aliphatic rings. The Morgan fingerprint density at radius 2 is 2.28 bits per heavy atom. The van der Waals surface area contributed by atoms with Crippen LogP contribution in [0.25, 0.3) is 0 Å². The predicted octanol–water partition coefficient (Wildman–Crippen LogP) is 2.16. The number of amides is 1. The number of anilines is 1. The van der Waals surface area contributed by atoms with E-state index in [0.29, 0.717) is 19.2 Å². The number of hydrogen-bond acceptors (Lipinski definition) is 3. The molecule has 1 atom stereocenters. The second-order valence-electron chi connectivity index (χ2n) is 4.32. The molecule has 0 saturated carbocycles. The van der Waals surface area contributed by atoms with Crippen LogP contribution in [0.1, 0.15) is 12.8 Å². The largest absolute Gasteiger partial charge is 0.380 e. The zero-order valence-electron chi connectivity index (χ0n) is 10.1. The summed E-state index contributed by atoms with van der Waals surface area (Å²) in [5, 5.41) is 6.07. The molecule has 1 unspecified atom stereocenters. The van der Waals surface area contributed by atoms with Crippen LogP contribution in [0.15, 0.2) is 28.7 Å². The molecule has 0 spiro atoms. The third kappa shape index (κ3) is 4.08. The van der Waals surface area contributed by atoms with E-state index in [2.05, 4.69) is 26.6 Å². The Morgan fingerprint density at radius 1 is 1.44 bits per heavy atom. The Balaban J connectivity index is 1.76. The van der Waals surface area contributed by atoms with Crippen molar-refractivity contribution < 1.29 is 9.53 Å². The van der Waals surface area contributed by atoms with Crippen molar-refractivity contribution in [1.82, 2.24) is 5.32 Å². The summed E-state index contributed by atoms with van der Waals surface area (Å²) in [5.41, 5.74) is 0.796. The Bertz CT molecular complexity index is 406. The van der Waals surface area contributed by atoms with Crippen molar-refractivity contribution in [3.63, 3.8) is 0 Å². The molecule has 1 aromatic rings. The smallest absolute Gasteiger partial charge is 0.238 e. The molecule has 0 aromatic heterocycles. The second-order valence-corrected chi connectivity index (χ2v) is 5.18. The van der Waals surface area contributed by atoms with Gasteiger partial charge in [0, 0.05) is 17.1 Å². The molecular formula is C13H17BrN2O2. The minimum Gasteiger partial charge on any atom is -0.380 e. The van der Waals surface area contributed by atoms with Crippen molar-refractivity contribution in [1.29, 1.82) is 0 Å². The van der Waals surface area contributed by atoms with Crippen molar-refractivity contribution in [2.24, 2.45) is 0 Å². The molecule has 2 N–H and O–H groups in total. The lowest BCUT2D eigenvalue weighted by Gasteiger charge is -2.22. The number of carbonyl (C=O) groups excluding carboxylic acids is 1. The number of halogens is 1. The van der Waals surface area contributed by atoms with Gasteiger partial charge in [0.05, 0.1) is 18.8 Å². The van der Waals surface area contributed by atoms with E-state index in [9.17, 15) is 4.79 Å². The molecule has 18 heavy (non-hydrogen) atoms. The van der Waals surface area contributed by atoms with E-state index >= 15 is 0 Å². The number of benzene rings is 1. The summed E-state index contributed by atoms with van der Waals surface area (Å²) in [7, 11) is 0. The van der Waals surface area contributed by atoms with Crippen LogP contribution in [0, 0.1) is 0 Å². The molecule has 4 nitrogen and oxygen atoms in total. The number of ether oxygens (including phenoxy) is 1. The first-order valence-electron chi connectivity index (χ1n) is 6.11. The van der Waals surface area contributed by atoms with Gasteiger partial charge in [-0.25, -0.2) is 0 Å². The van der Waals surface area contributed by atoms with Gasteiger partial charge in [0.25, 0.3) is 0 Å². The van der Waals surface area contributed by atoms with Crippen LogP contribution in [-0.2, 0) is 9.53 Å². The maximum Gasteiger partial charge on any atom is 0.238 e. The van der Waals surface area contributed by atoms with E-state index in [0.717, 1.165) is 29.6 Å². The summed E-state index contributed by atoms with van der Waals surface area (Å²) in [6.45, 7) is 1.85. The molecule has 98 valence electrons. The summed E-state index contributed by atoms with van der Waals surface area (Å²) in [4.78, 5) is 11.8. The fourth-order valence-electron chi connectivity index (χ4n) is 1.90. The van der Waals surface area contributed by atoms with E-state index in [4.69, 9.17) is 4.74 Å². The molecule has 1 fully saturated rings. The van der Waals surface area contributed by atoms with Gasteiger partial charge in [-0.3, -0.25) is 4.79 Å². The monoisotopic (exact) mass is 312 g/mol. The van der Waals surface area contributed by atoms with Crippen LogP contribution in [0.5, 0.6) is 0 Å². The summed E-state index contributed by atoms with van der Waals surface area (Å²) in [6, 6.07) is 7.87. The molecule has 2 rings (SSSR count). The summed E-state index contributed by atoms with van der Waals surface area (Å²) in [5.74, 6) is -0.0347. The number of para-hydroxylation sites is 1. The Kier molecular flexibility index (Phi) is 5.16. The van der Waals surface area contributed by atoms with Crippen LogP contribution >= 0.6 is 15.9 Å². The van der Waals surface area contributed by atoms with Gasteiger partial charge in [0.1, 0.15) is 0 Å². The number of rotatable bonds is 4. The molecule has 1 heterocycles. The maximum atomic E-state index is 11.8. The summed E-state index contributed by atoms with van der Waals surface area (Å²) >= 11 is 3.40. The molecule has 0 bridgehead atoms. The van der Waals surface area contributed by atoms with Crippen LogP contribution in [0.2, 0.25) is 0 Å². The molecule has 1 aromatic carbocycles. The van der Waals surface area contributed by atoms with Crippen LogP contribution < -0.4 is 10.6 Å². The fraction of sp³-hybridized carbons (Fsp3) is 0.462. The summed E-state index contributed by atoms with van der Waals surface area (Å²) < 4.78 is 6.24. The highest BCUT2D eigenvalue weighted by atomic mass is 79.9. The highest BCUT2D eigenvalue weighted by Crippen LogP contribution is 2.20. The number of nitrogens with one attached hydrogen (secondary N) is 2. The maximum absolute atomic E-state index is 11.8. The first-order valence-corrected chi connectivity index (χ1v) is 6.90. The Morgan fingerprint density at radius 3 is 3.00 bits per heavy atom. The first-order chi connectivity index (χ1) is 8.75. The van der Waals surface area contributed by atoms with Crippen molar-refractivity contribution in [2.45, 2.75) is 18.9 Å². The molecular weight excluding hydrogens is 296 g/mol. The van der Waals surface area contributed by atoms with Crippen LogP contribution in [0.4, 0.5) is 5.69 Å². The van der Waals surface area contributed by atoms with Gasteiger partial charge in [-0.1, -0.05) is 12.1 Å². The van der Waals surface area contributed by atoms with Gasteiger partial charge in [-0.15, -0.1) is 0 Å². The lowest BCUT2D eigenvalue weighted by Crippen LogP contribution is -2.41. The van der Waals surface area contributed by atoms with Crippen molar-refractivity contribution in [3.8, 4) is 0 Å². The highest BCUT2D eigenvalue weighted by Gasteiger charge is 2.14. The van der Waals surface area contributed by atoms with Crippen molar-refractivity contribution in [2.75, 3.05) is 25.1 Å². The van der Waals surface area contributed by atoms with Crippen molar-refractivity contribution >= 4 is 27.5 Å². The van der Waals surface area contributed by atoms with Crippen molar-refractivity contribution in [3.05, 3.63) is 28.7 Å². The highest BCUT2D eigenvalue weighted by molar-refractivity contribution is 9.10. The average Bonchev–Trinajstić information content (AvgIpc) is 2.40. The fourth-order valence-corrected chi connectivity index (χ4v) is 2.28. The third-order valence-corrected chi connectivity index (χ3v) is 3.55. The van der Waals surface area contributed by atoms with Crippen LogP contribution in [-0.4, -0.2) is 31.7 Å². The minimum atomic E-state index is -0.0347. The normalized spacial score (nSPS) is 19.5.